The third kappa shape index (κ3) is 4.68. The van der Waals surface area contributed by atoms with Crippen LogP contribution in [0.2, 0.25) is 0 Å². The van der Waals surface area contributed by atoms with E-state index in [1.807, 2.05) is 67.2 Å². The molecule has 0 saturated carbocycles. The van der Waals surface area contributed by atoms with Gasteiger partial charge in [-0.15, -0.1) is 0 Å². The van der Waals surface area contributed by atoms with Crippen molar-refractivity contribution in [3.63, 3.8) is 0 Å². The number of anilines is 2. The second kappa shape index (κ2) is 9.36. The third-order valence-corrected chi connectivity index (χ3v) is 6.34. The van der Waals surface area contributed by atoms with Gasteiger partial charge in [-0.05, 0) is 36.8 Å². The number of hydrogen-bond donors (Lipinski definition) is 1. The molecule has 7 heteroatoms. The number of hydrogen-bond acceptors (Lipinski definition) is 5. The van der Waals surface area contributed by atoms with Gasteiger partial charge in [0.2, 0.25) is 5.91 Å². The highest BCUT2D eigenvalue weighted by Crippen LogP contribution is 2.28. The van der Waals surface area contributed by atoms with E-state index in [0.717, 1.165) is 54.1 Å². The first-order valence-corrected chi connectivity index (χ1v) is 11.0. The lowest BCUT2D eigenvalue weighted by Gasteiger charge is -2.28. The number of imidazole rings is 1. The molecule has 0 radical (unpaired) electrons. The lowest BCUT2D eigenvalue weighted by Crippen LogP contribution is -2.36. The van der Waals surface area contributed by atoms with E-state index >= 15 is 0 Å². The van der Waals surface area contributed by atoms with Crippen LogP contribution in [0.3, 0.4) is 0 Å². The number of nitrogens with one attached hydrogen (secondary N) is 1. The van der Waals surface area contributed by atoms with Gasteiger partial charge in [-0.2, -0.15) is 0 Å². The van der Waals surface area contributed by atoms with Crippen LogP contribution >= 0.6 is 11.8 Å². The summed E-state index contributed by atoms with van der Waals surface area (Å²) in [6.07, 6.45) is 1.85. The fraction of sp³-hybridized carbons (Fsp3) is 0.304. The molecule has 156 valence electrons. The maximum Gasteiger partial charge on any atom is 0.237 e. The van der Waals surface area contributed by atoms with Gasteiger partial charge in [0, 0.05) is 31.5 Å². The molecule has 1 aliphatic rings. The highest BCUT2D eigenvalue weighted by atomic mass is 32.2. The van der Waals surface area contributed by atoms with E-state index in [2.05, 4.69) is 27.3 Å². The molecule has 6 nitrogen and oxygen atoms in total. The smallest absolute Gasteiger partial charge is 0.237 e. The fourth-order valence-electron chi connectivity index (χ4n) is 3.41. The SMILES string of the molecule is CC(Sc1ncc(-c2ccccc2)n1C)C(=O)Nc1ccc(N2CCOCC2)cc1. The fourth-order valence-corrected chi connectivity index (χ4v) is 4.26. The van der Waals surface area contributed by atoms with E-state index in [1.165, 1.54) is 11.8 Å². The van der Waals surface area contributed by atoms with Gasteiger partial charge in [0.1, 0.15) is 0 Å². The Kier molecular flexibility index (Phi) is 6.40. The number of thioether (sulfide) groups is 1. The first-order valence-electron chi connectivity index (χ1n) is 10.1. The van der Waals surface area contributed by atoms with Crippen LogP contribution in [0, 0.1) is 0 Å². The summed E-state index contributed by atoms with van der Waals surface area (Å²) in [6, 6.07) is 18.1. The van der Waals surface area contributed by atoms with Crippen molar-refractivity contribution >= 4 is 29.0 Å². The first kappa shape index (κ1) is 20.5. The first-order chi connectivity index (χ1) is 14.6. The molecular weight excluding hydrogens is 396 g/mol. The lowest BCUT2D eigenvalue weighted by atomic mass is 10.2. The molecule has 1 fully saturated rings. The molecule has 2 heterocycles. The zero-order chi connectivity index (χ0) is 20.9. The number of morpholine rings is 1. The van der Waals surface area contributed by atoms with Crippen molar-refractivity contribution in [1.82, 2.24) is 9.55 Å². The third-order valence-electron chi connectivity index (χ3n) is 5.18. The van der Waals surface area contributed by atoms with Gasteiger partial charge in [0.05, 0.1) is 30.4 Å². The van der Waals surface area contributed by atoms with Crippen LogP contribution in [0.25, 0.3) is 11.3 Å². The Morgan fingerprint density at radius 2 is 1.80 bits per heavy atom. The van der Waals surface area contributed by atoms with Crippen molar-refractivity contribution in [3.8, 4) is 11.3 Å². The quantitative estimate of drug-likeness (QED) is 0.608. The number of carbonyl (C=O) groups is 1. The second-order valence-electron chi connectivity index (χ2n) is 7.25. The Morgan fingerprint density at radius 1 is 1.10 bits per heavy atom. The Labute approximate surface area is 181 Å². The Bertz CT molecular complexity index is 982. The average molecular weight is 423 g/mol. The van der Waals surface area contributed by atoms with Gasteiger partial charge in [-0.1, -0.05) is 42.1 Å². The van der Waals surface area contributed by atoms with Crippen molar-refractivity contribution in [2.24, 2.45) is 7.05 Å². The number of ether oxygens (including phenoxy) is 1. The van der Waals surface area contributed by atoms with Crippen LogP contribution in [0.15, 0.2) is 66.0 Å². The highest BCUT2D eigenvalue weighted by molar-refractivity contribution is 8.00. The lowest BCUT2D eigenvalue weighted by molar-refractivity contribution is -0.115. The summed E-state index contributed by atoms with van der Waals surface area (Å²) in [7, 11) is 1.98. The molecule has 1 amide bonds. The highest BCUT2D eigenvalue weighted by Gasteiger charge is 2.19. The van der Waals surface area contributed by atoms with Crippen LogP contribution in [0.5, 0.6) is 0 Å². The zero-order valence-electron chi connectivity index (χ0n) is 17.2. The van der Waals surface area contributed by atoms with E-state index in [0.29, 0.717) is 0 Å². The van der Waals surface area contributed by atoms with Crippen molar-refractivity contribution < 1.29 is 9.53 Å². The van der Waals surface area contributed by atoms with Crippen molar-refractivity contribution in [1.29, 1.82) is 0 Å². The number of carbonyl (C=O) groups excluding carboxylic acids is 1. The summed E-state index contributed by atoms with van der Waals surface area (Å²) in [4.78, 5) is 19.5. The normalized spacial score (nSPS) is 15.1. The van der Waals surface area contributed by atoms with E-state index in [9.17, 15) is 4.79 Å². The zero-order valence-corrected chi connectivity index (χ0v) is 18.1. The molecule has 1 aliphatic heterocycles. The second-order valence-corrected chi connectivity index (χ2v) is 8.55. The largest absolute Gasteiger partial charge is 0.378 e. The van der Waals surface area contributed by atoms with E-state index in [4.69, 9.17) is 4.74 Å². The summed E-state index contributed by atoms with van der Waals surface area (Å²) < 4.78 is 7.43. The molecule has 0 spiro atoms. The van der Waals surface area contributed by atoms with E-state index < -0.39 is 0 Å². The molecule has 1 atom stereocenters. The summed E-state index contributed by atoms with van der Waals surface area (Å²) in [5.41, 5.74) is 4.09. The van der Waals surface area contributed by atoms with Gasteiger partial charge in [0.15, 0.2) is 5.16 Å². The summed E-state index contributed by atoms with van der Waals surface area (Å²) in [5.74, 6) is -0.0385. The molecule has 1 N–H and O–H groups in total. The molecule has 1 aromatic heterocycles. The number of aromatic nitrogens is 2. The van der Waals surface area contributed by atoms with Crippen LogP contribution in [0.4, 0.5) is 11.4 Å². The monoisotopic (exact) mass is 422 g/mol. The summed E-state index contributed by atoms with van der Waals surface area (Å²) >= 11 is 1.46. The minimum Gasteiger partial charge on any atom is -0.378 e. The molecule has 0 bridgehead atoms. The van der Waals surface area contributed by atoms with Crippen molar-refractivity contribution in [3.05, 3.63) is 60.8 Å². The minimum absolute atomic E-state index is 0.0385. The van der Waals surface area contributed by atoms with Crippen LogP contribution in [-0.2, 0) is 16.6 Å². The maximum atomic E-state index is 12.7. The topological polar surface area (TPSA) is 59.4 Å². The molecule has 30 heavy (non-hydrogen) atoms. The molecule has 3 aromatic rings. The predicted octanol–water partition coefficient (Wildman–Crippen LogP) is 4.04. The van der Waals surface area contributed by atoms with E-state index in [-0.39, 0.29) is 11.2 Å². The molecule has 2 aromatic carbocycles. The van der Waals surface area contributed by atoms with Gasteiger partial charge < -0.3 is 19.5 Å². The van der Waals surface area contributed by atoms with Crippen molar-refractivity contribution in [2.45, 2.75) is 17.3 Å². The molecule has 4 rings (SSSR count). The molecular formula is C23H26N4O2S. The van der Waals surface area contributed by atoms with Gasteiger partial charge >= 0.3 is 0 Å². The Balaban J connectivity index is 1.37. The number of rotatable bonds is 6. The predicted molar refractivity (Wildman–Crippen MR) is 122 cm³/mol. The summed E-state index contributed by atoms with van der Waals surface area (Å²) in [5, 5.41) is 3.56. The summed E-state index contributed by atoms with van der Waals surface area (Å²) in [6.45, 7) is 5.21. The Morgan fingerprint density at radius 3 is 2.50 bits per heavy atom. The number of amides is 1. The molecule has 1 unspecified atom stereocenters. The minimum atomic E-state index is -0.270. The number of nitrogens with zero attached hydrogens (tertiary/aromatic N) is 3. The van der Waals surface area contributed by atoms with Crippen LogP contribution in [-0.4, -0.2) is 47.0 Å². The van der Waals surface area contributed by atoms with Gasteiger partial charge in [-0.25, -0.2) is 4.98 Å². The number of benzene rings is 2. The van der Waals surface area contributed by atoms with Gasteiger partial charge in [-0.3, -0.25) is 4.79 Å². The maximum absolute atomic E-state index is 12.7. The van der Waals surface area contributed by atoms with Crippen LogP contribution < -0.4 is 10.2 Å². The van der Waals surface area contributed by atoms with Crippen molar-refractivity contribution in [2.75, 3.05) is 36.5 Å². The molecule has 0 aliphatic carbocycles. The van der Waals surface area contributed by atoms with Crippen LogP contribution in [0.1, 0.15) is 6.92 Å². The standard InChI is InChI=1S/C23H26N4O2S/c1-17(30-23-24-16-21(26(23)2)18-6-4-3-5-7-18)22(28)25-19-8-10-20(11-9-19)27-12-14-29-15-13-27/h3-11,16-17H,12-15H2,1-2H3,(H,25,28). The Hall–Kier alpha value is -2.77. The van der Waals surface area contributed by atoms with Gasteiger partial charge in [0.25, 0.3) is 0 Å². The molecule has 1 saturated heterocycles. The van der Waals surface area contributed by atoms with E-state index in [1.54, 1.807) is 0 Å². The average Bonchev–Trinajstić information content (AvgIpc) is 3.15.